The normalized spacial score (nSPS) is 16.8. The average molecular weight is 473 g/mol. The van der Waals surface area contributed by atoms with Crippen LogP contribution in [0.25, 0.3) is 5.52 Å². The first-order chi connectivity index (χ1) is 14.7. The maximum atomic E-state index is 12.6. The van der Waals surface area contributed by atoms with Crippen molar-refractivity contribution in [3.05, 3.63) is 39.4 Å². The number of piperidine rings is 1. The van der Waals surface area contributed by atoms with Crippen molar-refractivity contribution in [2.75, 3.05) is 23.7 Å². The summed E-state index contributed by atoms with van der Waals surface area (Å²) in [4.78, 5) is 19.6. The molecule has 3 aromatic heterocycles. The van der Waals surface area contributed by atoms with Crippen molar-refractivity contribution in [1.82, 2.24) is 19.9 Å². The molecule has 0 aliphatic carbocycles. The Morgan fingerprint density at radius 1 is 1.39 bits per heavy atom. The SMILES string of the molecule is C[Si](C)(C)C#Cc1cc(N2CCCC(NC(=O)c3ccc(Cl)s3)C2)c2c(N)ncnn12. The van der Waals surface area contributed by atoms with Gasteiger partial charge in [-0.05, 0) is 31.0 Å². The van der Waals surface area contributed by atoms with Crippen LogP contribution in [0.1, 0.15) is 28.2 Å². The average Bonchev–Trinajstić information content (AvgIpc) is 3.31. The third kappa shape index (κ3) is 4.87. The number of thiophene rings is 1. The molecule has 4 rings (SSSR count). The Hall–Kier alpha value is -2.54. The second-order valence-corrected chi connectivity index (χ2v) is 15.1. The zero-order valence-corrected chi connectivity index (χ0v) is 20.3. The van der Waals surface area contributed by atoms with Crippen molar-refractivity contribution in [2.24, 2.45) is 0 Å². The molecule has 0 saturated carbocycles. The van der Waals surface area contributed by atoms with Crippen LogP contribution in [-0.4, -0.2) is 47.7 Å². The third-order valence-corrected chi connectivity index (χ3v) is 7.13. The highest BCUT2D eigenvalue weighted by Gasteiger charge is 2.26. The first-order valence-corrected chi connectivity index (χ1v) is 14.9. The molecule has 1 amide bonds. The van der Waals surface area contributed by atoms with Crippen LogP contribution in [0.5, 0.6) is 0 Å². The Bertz CT molecular complexity index is 1190. The quantitative estimate of drug-likeness (QED) is 0.448. The van der Waals surface area contributed by atoms with Crippen LogP contribution in [0.2, 0.25) is 24.0 Å². The molecule has 10 heteroatoms. The van der Waals surface area contributed by atoms with E-state index in [1.807, 2.05) is 6.07 Å². The number of rotatable bonds is 3. The van der Waals surface area contributed by atoms with Gasteiger partial charge < -0.3 is 16.0 Å². The molecule has 3 aromatic rings. The fourth-order valence-electron chi connectivity index (χ4n) is 3.64. The number of hydrogen-bond donors (Lipinski definition) is 2. The number of hydrogen-bond acceptors (Lipinski definition) is 6. The maximum absolute atomic E-state index is 12.6. The van der Waals surface area contributed by atoms with Gasteiger partial charge in [0.1, 0.15) is 25.6 Å². The Labute approximate surface area is 191 Å². The summed E-state index contributed by atoms with van der Waals surface area (Å²) in [5, 5.41) is 7.54. The summed E-state index contributed by atoms with van der Waals surface area (Å²) < 4.78 is 2.39. The molecule has 7 nitrogen and oxygen atoms in total. The van der Waals surface area contributed by atoms with Gasteiger partial charge in [0.15, 0.2) is 5.82 Å². The molecule has 1 aliphatic heterocycles. The highest BCUT2D eigenvalue weighted by atomic mass is 35.5. The van der Waals surface area contributed by atoms with Crippen LogP contribution < -0.4 is 16.0 Å². The van der Waals surface area contributed by atoms with Crippen molar-refractivity contribution in [2.45, 2.75) is 38.5 Å². The lowest BCUT2D eigenvalue weighted by Gasteiger charge is -2.34. The van der Waals surface area contributed by atoms with Crippen LogP contribution in [0.15, 0.2) is 24.5 Å². The first-order valence-electron chi connectivity index (χ1n) is 10.2. The van der Waals surface area contributed by atoms with Crippen LogP contribution >= 0.6 is 22.9 Å². The van der Waals surface area contributed by atoms with E-state index in [1.165, 1.54) is 17.7 Å². The predicted octanol–water partition coefficient (Wildman–Crippen LogP) is 3.65. The van der Waals surface area contributed by atoms with E-state index >= 15 is 0 Å². The number of fused-ring (bicyclic) bond motifs is 1. The molecule has 1 fully saturated rings. The molecule has 162 valence electrons. The number of carbonyl (C=O) groups excluding carboxylic acids is 1. The number of amides is 1. The summed E-state index contributed by atoms with van der Waals surface area (Å²) in [6.07, 6.45) is 3.33. The lowest BCUT2D eigenvalue weighted by molar-refractivity contribution is 0.0937. The summed E-state index contributed by atoms with van der Waals surface area (Å²) in [7, 11) is -1.55. The van der Waals surface area contributed by atoms with E-state index in [4.69, 9.17) is 17.3 Å². The van der Waals surface area contributed by atoms with Crippen LogP contribution in [0.3, 0.4) is 0 Å². The summed E-state index contributed by atoms with van der Waals surface area (Å²) in [6.45, 7) is 8.17. The van der Waals surface area contributed by atoms with Crippen LogP contribution in [-0.2, 0) is 0 Å². The van der Waals surface area contributed by atoms with Gasteiger partial charge >= 0.3 is 0 Å². The number of nitrogens with two attached hydrogens (primary N) is 1. The van der Waals surface area contributed by atoms with Gasteiger partial charge in [0.2, 0.25) is 0 Å². The van der Waals surface area contributed by atoms with E-state index < -0.39 is 8.07 Å². The summed E-state index contributed by atoms with van der Waals surface area (Å²) in [5.74, 6) is 3.64. The number of anilines is 2. The van der Waals surface area contributed by atoms with Crippen LogP contribution in [0.4, 0.5) is 11.5 Å². The van der Waals surface area contributed by atoms with E-state index in [2.05, 4.69) is 51.4 Å². The topological polar surface area (TPSA) is 88.5 Å². The molecular formula is C21H25ClN6OSSi. The van der Waals surface area contributed by atoms with Crippen molar-refractivity contribution >= 4 is 53.9 Å². The number of halogens is 1. The number of nitrogen functional groups attached to an aromatic ring is 1. The molecule has 4 heterocycles. The Morgan fingerprint density at radius 3 is 2.90 bits per heavy atom. The molecule has 3 N–H and O–H groups in total. The van der Waals surface area contributed by atoms with Gasteiger partial charge in [-0.1, -0.05) is 37.2 Å². The van der Waals surface area contributed by atoms with Gasteiger partial charge in [0, 0.05) is 19.1 Å². The number of carbonyl (C=O) groups is 1. The van der Waals surface area contributed by atoms with Gasteiger partial charge in [-0.3, -0.25) is 4.79 Å². The minimum atomic E-state index is -1.55. The molecule has 1 saturated heterocycles. The predicted molar refractivity (Wildman–Crippen MR) is 130 cm³/mol. The van der Waals surface area contributed by atoms with E-state index in [0.717, 1.165) is 36.3 Å². The fourth-order valence-corrected chi connectivity index (χ4v) is 5.09. The van der Waals surface area contributed by atoms with Gasteiger partial charge in [0.25, 0.3) is 5.91 Å². The molecule has 0 radical (unpaired) electrons. The highest BCUT2D eigenvalue weighted by molar-refractivity contribution is 7.18. The standard InChI is InChI=1S/C21H25ClN6OSSi/c1-31(2,3)10-8-15-11-16(19-20(23)24-13-25-28(15)19)27-9-4-5-14(12-27)26-21(29)17-6-7-18(22)30-17/h6-7,11,13-14H,4-5,9,12H2,1-3H3,(H,26,29)(H2,23,24,25). The molecule has 0 bridgehead atoms. The van der Waals surface area contributed by atoms with E-state index in [0.29, 0.717) is 21.6 Å². The monoisotopic (exact) mass is 472 g/mol. The summed E-state index contributed by atoms with van der Waals surface area (Å²) in [6, 6.07) is 5.56. The van der Waals surface area contributed by atoms with Gasteiger partial charge in [-0.25, -0.2) is 9.50 Å². The third-order valence-electron chi connectivity index (χ3n) is 5.02. The van der Waals surface area contributed by atoms with E-state index in [9.17, 15) is 4.79 Å². The Balaban J connectivity index is 1.61. The summed E-state index contributed by atoms with van der Waals surface area (Å²) in [5.41, 5.74) is 12.2. The number of aromatic nitrogens is 3. The zero-order valence-electron chi connectivity index (χ0n) is 17.8. The maximum Gasteiger partial charge on any atom is 0.261 e. The van der Waals surface area contributed by atoms with Crippen molar-refractivity contribution < 1.29 is 4.79 Å². The largest absolute Gasteiger partial charge is 0.382 e. The second kappa shape index (κ2) is 8.53. The zero-order chi connectivity index (χ0) is 22.2. The van der Waals surface area contributed by atoms with Gasteiger partial charge in [-0.2, -0.15) is 5.10 Å². The molecule has 0 spiro atoms. The Morgan fingerprint density at radius 2 is 2.19 bits per heavy atom. The Kier molecular flexibility index (Phi) is 5.97. The molecule has 1 unspecified atom stereocenters. The van der Waals surface area contributed by atoms with Crippen molar-refractivity contribution in [3.8, 4) is 11.5 Å². The number of nitrogens with zero attached hydrogens (tertiary/aromatic N) is 4. The lowest BCUT2D eigenvalue weighted by Crippen LogP contribution is -2.47. The van der Waals surface area contributed by atoms with Crippen molar-refractivity contribution in [3.63, 3.8) is 0 Å². The van der Waals surface area contributed by atoms with E-state index in [1.54, 1.807) is 16.6 Å². The molecule has 1 aliphatic rings. The van der Waals surface area contributed by atoms with Gasteiger partial charge in [-0.15, -0.1) is 16.9 Å². The molecule has 31 heavy (non-hydrogen) atoms. The molecule has 1 atom stereocenters. The number of nitrogens with one attached hydrogen (secondary N) is 1. The fraction of sp³-hybridized carbons (Fsp3) is 0.381. The molecular weight excluding hydrogens is 448 g/mol. The van der Waals surface area contributed by atoms with Crippen molar-refractivity contribution in [1.29, 1.82) is 0 Å². The smallest absolute Gasteiger partial charge is 0.261 e. The first kappa shape index (κ1) is 21.7. The van der Waals surface area contributed by atoms with E-state index in [-0.39, 0.29) is 11.9 Å². The minimum Gasteiger partial charge on any atom is -0.382 e. The minimum absolute atomic E-state index is 0.0273. The summed E-state index contributed by atoms with van der Waals surface area (Å²) >= 11 is 7.26. The van der Waals surface area contributed by atoms with Gasteiger partial charge in [0.05, 0.1) is 14.9 Å². The molecule has 0 aromatic carbocycles. The van der Waals surface area contributed by atoms with Crippen LogP contribution in [0, 0.1) is 11.5 Å². The lowest BCUT2D eigenvalue weighted by atomic mass is 10.0. The highest BCUT2D eigenvalue weighted by Crippen LogP contribution is 2.31. The second-order valence-electron chi connectivity index (χ2n) is 8.68.